The van der Waals surface area contributed by atoms with Crippen molar-refractivity contribution >= 4 is 11.9 Å². The van der Waals surface area contributed by atoms with Crippen molar-refractivity contribution in [1.82, 2.24) is 0 Å². The number of carbonyl (C=O) groups is 2. The molecule has 4 atom stereocenters. The van der Waals surface area contributed by atoms with Gasteiger partial charge in [-0.15, -0.1) is 0 Å². The zero-order valence-corrected chi connectivity index (χ0v) is 7.54. The number of esters is 1. The number of hydrogen-bond donors (Lipinski definition) is 1. The molecule has 5 nitrogen and oxygen atoms in total. The first-order chi connectivity index (χ1) is 6.65. The highest BCUT2D eigenvalue weighted by molar-refractivity contribution is 5.83. The molecule has 2 rings (SSSR count). The molecule has 2 heterocycles. The third kappa shape index (κ3) is 1.13. The van der Waals surface area contributed by atoms with E-state index in [1.165, 1.54) is 7.11 Å². The first-order valence-electron chi connectivity index (χ1n) is 4.29. The van der Waals surface area contributed by atoms with Crippen LogP contribution in [0.2, 0.25) is 0 Å². The lowest BCUT2D eigenvalue weighted by molar-refractivity contribution is -0.154. The van der Waals surface area contributed by atoms with Gasteiger partial charge in [0.15, 0.2) is 0 Å². The van der Waals surface area contributed by atoms with Crippen molar-refractivity contribution < 1.29 is 24.2 Å². The molecular weight excluding hydrogens is 188 g/mol. The molecule has 2 aliphatic rings. The zero-order valence-electron chi connectivity index (χ0n) is 7.54. The summed E-state index contributed by atoms with van der Waals surface area (Å²) in [6.07, 6.45) is 2.48. The Labute approximate surface area is 80.3 Å². The van der Waals surface area contributed by atoms with Crippen molar-refractivity contribution in [3.05, 3.63) is 12.2 Å². The molecule has 0 amide bonds. The highest BCUT2D eigenvalue weighted by Gasteiger charge is 2.53. The number of fused-ring (bicyclic) bond motifs is 2. The minimum atomic E-state index is -1.02. The molecule has 2 aliphatic heterocycles. The summed E-state index contributed by atoms with van der Waals surface area (Å²) in [5, 5.41) is 8.93. The summed E-state index contributed by atoms with van der Waals surface area (Å²) >= 11 is 0. The fourth-order valence-corrected chi connectivity index (χ4v) is 2.02. The quantitative estimate of drug-likeness (QED) is 0.492. The summed E-state index contributed by atoms with van der Waals surface area (Å²) < 4.78 is 9.84. The number of hydrogen-bond acceptors (Lipinski definition) is 4. The summed E-state index contributed by atoms with van der Waals surface area (Å²) in [7, 11) is 1.25. The average Bonchev–Trinajstić information content (AvgIpc) is 2.74. The molecule has 0 spiro atoms. The van der Waals surface area contributed by atoms with Gasteiger partial charge in [-0.25, -0.2) is 0 Å². The monoisotopic (exact) mass is 198 g/mol. The van der Waals surface area contributed by atoms with Crippen molar-refractivity contribution in [3.8, 4) is 0 Å². The summed E-state index contributed by atoms with van der Waals surface area (Å²) in [5.41, 5.74) is 0. The van der Waals surface area contributed by atoms with Crippen LogP contribution in [0.15, 0.2) is 12.2 Å². The number of carboxylic acid groups (broad SMARTS) is 1. The van der Waals surface area contributed by atoms with Crippen LogP contribution in [-0.4, -0.2) is 36.4 Å². The Kier molecular flexibility index (Phi) is 2.03. The van der Waals surface area contributed by atoms with Gasteiger partial charge in [0.2, 0.25) is 0 Å². The van der Waals surface area contributed by atoms with Crippen molar-refractivity contribution in [1.29, 1.82) is 0 Å². The van der Waals surface area contributed by atoms with Gasteiger partial charge in [-0.05, 0) is 0 Å². The lowest BCUT2D eigenvalue weighted by Gasteiger charge is -2.18. The maximum atomic E-state index is 11.3. The van der Waals surface area contributed by atoms with Crippen LogP contribution in [0.3, 0.4) is 0 Å². The molecular formula is C9H10O5. The molecule has 76 valence electrons. The minimum absolute atomic E-state index is 0.437. The normalized spacial score (nSPS) is 38.6. The van der Waals surface area contributed by atoms with Gasteiger partial charge in [0.1, 0.15) is 11.8 Å². The second-order valence-electron chi connectivity index (χ2n) is 3.36. The largest absolute Gasteiger partial charge is 0.481 e. The predicted octanol–water partition coefficient (Wildman–Crippen LogP) is -0.186. The van der Waals surface area contributed by atoms with E-state index in [2.05, 4.69) is 4.74 Å². The van der Waals surface area contributed by atoms with Gasteiger partial charge in [-0.1, -0.05) is 12.2 Å². The van der Waals surface area contributed by atoms with Crippen LogP contribution in [0.1, 0.15) is 0 Å². The molecule has 0 aromatic rings. The highest BCUT2D eigenvalue weighted by Crippen LogP contribution is 2.39. The number of aliphatic carboxylic acids is 1. The molecule has 5 heteroatoms. The molecule has 0 aromatic heterocycles. The van der Waals surface area contributed by atoms with Crippen LogP contribution in [0.25, 0.3) is 0 Å². The molecule has 14 heavy (non-hydrogen) atoms. The van der Waals surface area contributed by atoms with E-state index in [9.17, 15) is 9.59 Å². The molecule has 0 aromatic carbocycles. The number of rotatable bonds is 2. The molecule has 0 unspecified atom stereocenters. The second-order valence-corrected chi connectivity index (χ2v) is 3.36. The van der Waals surface area contributed by atoms with Gasteiger partial charge in [-0.3, -0.25) is 9.59 Å². The van der Waals surface area contributed by atoms with E-state index in [0.29, 0.717) is 0 Å². The number of carbonyl (C=O) groups excluding carboxylic acids is 1. The third-order valence-corrected chi connectivity index (χ3v) is 2.66. The van der Waals surface area contributed by atoms with Crippen molar-refractivity contribution in [2.24, 2.45) is 11.8 Å². The van der Waals surface area contributed by atoms with E-state index < -0.39 is 36.0 Å². The summed E-state index contributed by atoms with van der Waals surface area (Å²) in [6, 6.07) is 0. The Morgan fingerprint density at radius 3 is 2.36 bits per heavy atom. The van der Waals surface area contributed by atoms with Crippen LogP contribution < -0.4 is 0 Å². The fourth-order valence-electron chi connectivity index (χ4n) is 2.02. The van der Waals surface area contributed by atoms with Crippen molar-refractivity contribution in [3.63, 3.8) is 0 Å². The van der Waals surface area contributed by atoms with E-state index in [1.807, 2.05) is 0 Å². The molecule has 1 fully saturated rings. The average molecular weight is 198 g/mol. The van der Waals surface area contributed by atoms with Crippen molar-refractivity contribution in [2.75, 3.05) is 7.11 Å². The van der Waals surface area contributed by atoms with Crippen molar-refractivity contribution in [2.45, 2.75) is 12.2 Å². The first-order valence-corrected chi connectivity index (χ1v) is 4.29. The molecule has 0 aliphatic carbocycles. The van der Waals surface area contributed by atoms with Crippen LogP contribution in [0, 0.1) is 11.8 Å². The minimum Gasteiger partial charge on any atom is -0.481 e. The molecule has 2 bridgehead atoms. The molecule has 1 N–H and O–H groups in total. The summed E-state index contributed by atoms with van der Waals surface area (Å²) in [6.45, 7) is 0. The lowest BCUT2D eigenvalue weighted by atomic mass is 9.83. The van der Waals surface area contributed by atoms with Crippen LogP contribution in [0.4, 0.5) is 0 Å². The van der Waals surface area contributed by atoms with E-state index in [0.717, 1.165) is 0 Å². The molecule has 1 saturated heterocycles. The zero-order chi connectivity index (χ0) is 10.3. The maximum absolute atomic E-state index is 11.3. The van der Waals surface area contributed by atoms with E-state index >= 15 is 0 Å². The number of methoxy groups -OCH3 is 1. The SMILES string of the molecule is COC(=O)[C@@H]1[C@H](C(=O)O)[C@@H]2C=C[C@H]1O2. The van der Waals surface area contributed by atoms with Gasteiger partial charge in [0, 0.05) is 0 Å². The van der Waals surface area contributed by atoms with Gasteiger partial charge < -0.3 is 14.6 Å². The van der Waals surface area contributed by atoms with Gasteiger partial charge in [0.25, 0.3) is 0 Å². The van der Waals surface area contributed by atoms with Gasteiger partial charge >= 0.3 is 11.9 Å². The highest BCUT2D eigenvalue weighted by atomic mass is 16.5. The summed E-state index contributed by atoms with van der Waals surface area (Å²) in [4.78, 5) is 22.2. The second kappa shape index (κ2) is 3.09. The van der Waals surface area contributed by atoms with Crippen LogP contribution in [-0.2, 0) is 19.1 Å². The van der Waals surface area contributed by atoms with E-state index in [-0.39, 0.29) is 0 Å². The third-order valence-electron chi connectivity index (χ3n) is 2.66. The molecule has 0 radical (unpaired) electrons. The maximum Gasteiger partial charge on any atom is 0.312 e. The standard InChI is InChI=1S/C9H10O5/c1-13-9(12)7-5-3-2-4(14-5)6(7)8(10)11/h2-7H,1H3,(H,10,11)/t4-,5+,6+,7-/m0/s1. The molecule has 0 saturated carbocycles. The Bertz CT molecular complexity index is 308. The van der Waals surface area contributed by atoms with Crippen LogP contribution in [0.5, 0.6) is 0 Å². The Morgan fingerprint density at radius 1 is 1.29 bits per heavy atom. The summed E-state index contributed by atoms with van der Waals surface area (Å²) in [5.74, 6) is -3.04. The Hall–Kier alpha value is -1.36. The van der Waals surface area contributed by atoms with Gasteiger partial charge in [-0.2, -0.15) is 0 Å². The Morgan fingerprint density at radius 2 is 1.86 bits per heavy atom. The van der Waals surface area contributed by atoms with E-state index in [1.54, 1.807) is 12.2 Å². The Balaban J connectivity index is 2.26. The number of carboxylic acids is 1. The lowest BCUT2D eigenvalue weighted by Crippen LogP contribution is -2.36. The van der Waals surface area contributed by atoms with E-state index in [4.69, 9.17) is 9.84 Å². The number of ether oxygens (including phenoxy) is 2. The van der Waals surface area contributed by atoms with Crippen LogP contribution >= 0.6 is 0 Å². The first kappa shape index (κ1) is 9.21. The smallest absolute Gasteiger partial charge is 0.312 e. The fraction of sp³-hybridized carbons (Fsp3) is 0.556. The van der Waals surface area contributed by atoms with Gasteiger partial charge in [0.05, 0.1) is 19.3 Å². The topological polar surface area (TPSA) is 72.8 Å². The predicted molar refractivity (Wildman–Crippen MR) is 44.4 cm³/mol.